The topological polar surface area (TPSA) is 137 Å². The third-order valence-electron chi connectivity index (χ3n) is 4.98. The Morgan fingerprint density at radius 1 is 1.14 bits per heavy atom. The van der Waals surface area contributed by atoms with E-state index < -0.39 is 40.1 Å². The number of carbonyl (C=O) groups excluding carboxylic acids is 3. The van der Waals surface area contributed by atoms with Gasteiger partial charge in [0.15, 0.2) is 23.1 Å². The van der Waals surface area contributed by atoms with Crippen molar-refractivity contribution in [2.75, 3.05) is 20.8 Å². The Balaban J connectivity index is 2.53. The van der Waals surface area contributed by atoms with Crippen molar-refractivity contribution >= 4 is 28.2 Å². The van der Waals surface area contributed by atoms with E-state index in [1.807, 2.05) is 0 Å². The fourth-order valence-electron chi connectivity index (χ4n) is 2.94. The van der Waals surface area contributed by atoms with Crippen LogP contribution in [0.4, 0.5) is 0 Å². The Labute approximate surface area is 204 Å². The summed E-state index contributed by atoms with van der Waals surface area (Å²) in [5.41, 5.74) is -0.880. The fourth-order valence-corrected chi connectivity index (χ4v) is 4.21. The number of aldehydes is 1. The van der Waals surface area contributed by atoms with Gasteiger partial charge >= 0.3 is 5.97 Å². The van der Waals surface area contributed by atoms with Gasteiger partial charge in [0.05, 0.1) is 19.1 Å². The molecule has 0 radical (unpaired) electrons. The van der Waals surface area contributed by atoms with Gasteiger partial charge in [-0.2, -0.15) is 4.72 Å². The highest BCUT2D eigenvalue weighted by Crippen LogP contribution is 2.32. The lowest BCUT2D eigenvalue weighted by molar-refractivity contribution is -0.141. The molecule has 11 heteroatoms. The highest BCUT2D eigenvalue weighted by Gasteiger charge is 2.43. The number of rotatable bonds is 11. The third-order valence-corrected chi connectivity index (χ3v) is 6.42. The number of nitrogens with one attached hydrogen (secondary N) is 2. The number of benzene rings is 2. The van der Waals surface area contributed by atoms with Gasteiger partial charge in [0.2, 0.25) is 15.9 Å². The molecule has 2 atom stereocenters. The maximum atomic E-state index is 13.1. The summed E-state index contributed by atoms with van der Waals surface area (Å²) in [7, 11) is -1.78. The van der Waals surface area contributed by atoms with E-state index in [9.17, 15) is 22.8 Å². The molecular formula is C24H26N2O8S. The van der Waals surface area contributed by atoms with E-state index >= 15 is 0 Å². The fraction of sp³-hybridized carbons (Fsp3) is 0.292. The minimum atomic E-state index is -4.27. The van der Waals surface area contributed by atoms with Crippen molar-refractivity contribution in [2.45, 2.75) is 30.4 Å². The van der Waals surface area contributed by atoms with Crippen LogP contribution in [-0.4, -0.2) is 59.0 Å². The smallest absolute Gasteiger partial charge is 0.325 e. The van der Waals surface area contributed by atoms with E-state index in [-0.39, 0.29) is 22.0 Å². The number of amides is 1. The van der Waals surface area contributed by atoms with Crippen molar-refractivity contribution in [1.29, 1.82) is 0 Å². The van der Waals surface area contributed by atoms with Crippen LogP contribution in [0, 0.1) is 19.3 Å². The second kappa shape index (κ2) is 11.5. The summed E-state index contributed by atoms with van der Waals surface area (Å²) < 4.78 is 44.2. The standard InChI is InChI=1S/C24H26N2O8S/c1-6-24(3,34-20-13-17(15-27)9-12-19(20)32-4)22(23(29)25-14-21(28)33-5)26-35(30,31)18-10-7-16(2)8-11-18/h1,7-13,15,22,26H,14H2,2-5H3,(H,25,29)/t22-,24-/m1/s1. The van der Waals surface area contributed by atoms with Crippen LogP contribution in [0.3, 0.4) is 0 Å². The lowest BCUT2D eigenvalue weighted by Crippen LogP contribution is -2.61. The summed E-state index contributed by atoms with van der Waals surface area (Å²) in [5, 5.41) is 2.29. The first-order valence-corrected chi connectivity index (χ1v) is 11.7. The van der Waals surface area contributed by atoms with Gasteiger partial charge in [0.1, 0.15) is 12.8 Å². The van der Waals surface area contributed by atoms with Gasteiger partial charge in [-0.1, -0.05) is 23.6 Å². The maximum Gasteiger partial charge on any atom is 0.325 e. The lowest BCUT2D eigenvalue weighted by Gasteiger charge is -2.33. The van der Waals surface area contributed by atoms with Crippen molar-refractivity contribution in [1.82, 2.24) is 10.0 Å². The van der Waals surface area contributed by atoms with E-state index in [1.54, 1.807) is 19.1 Å². The van der Waals surface area contributed by atoms with E-state index in [0.29, 0.717) is 6.29 Å². The highest BCUT2D eigenvalue weighted by molar-refractivity contribution is 7.89. The van der Waals surface area contributed by atoms with Gasteiger partial charge < -0.3 is 19.5 Å². The molecule has 2 aromatic carbocycles. The Morgan fingerprint density at radius 3 is 2.34 bits per heavy atom. The van der Waals surface area contributed by atoms with Crippen LogP contribution in [0.5, 0.6) is 11.5 Å². The number of hydrogen-bond donors (Lipinski definition) is 2. The van der Waals surface area contributed by atoms with Crippen molar-refractivity contribution in [3.63, 3.8) is 0 Å². The summed E-state index contributed by atoms with van der Waals surface area (Å²) in [4.78, 5) is 35.8. The van der Waals surface area contributed by atoms with Crippen molar-refractivity contribution < 1.29 is 37.0 Å². The number of ether oxygens (including phenoxy) is 3. The summed E-state index contributed by atoms with van der Waals surface area (Å²) in [6, 6.07) is 8.47. The molecule has 0 fully saturated rings. The Bertz CT molecular complexity index is 1240. The van der Waals surface area contributed by atoms with Crippen molar-refractivity contribution in [2.24, 2.45) is 0 Å². The first-order chi connectivity index (χ1) is 16.5. The zero-order chi connectivity index (χ0) is 26.2. The summed E-state index contributed by atoms with van der Waals surface area (Å²) in [6.45, 7) is 2.56. The molecule has 2 rings (SSSR count). The normalized spacial score (nSPS) is 13.5. The molecule has 0 aliphatic carbocycles. The predicted octanol–water partition coefficient (Wildman–Crippen LogP) is 1.22. The number of carbonyl (C=O) groups is 3. The Morgan fingerprint density at radius 2 is 1.80 bits per heavy atom. The van der Waals surface area contributed by atoms with Crippen LogP contribution in [0.25, 0.3) is 0 Å². The molecule has 2 N–H and O–H groups in total. The molecule has 0 unspecified atom stereocenters. The second-order valence-corrected chi connectivity index (χ2v) is 9.26. The molecule has 0 heterocycles. The Hall–Kier alpha value is -3.88. The van der Waals surface area contributed by atoms with Gasteiger partial charge in [0, 0.05) is 5.56 Å². The first-order valence-electron chi connectivity index (χ1n) is 10.2. The zero-order valence-corrected chi connectivity index (χ0v) is 20.5. The molecule has 10 nitrogen and oxygen atoms in total. The van der Waals surface area contributed by atoms with Crippen LogP contribution < -0.4 is 19.5 Å². The molecule has 0 spiro atoms. The molecule has 0 saturated heterocycles. The van der Waals surface area contributed by atoms with E-state index in [0.717, 1.165) is 12.7 Å². The largest absolute Gasteiger partial charge is 0.493 e. The number of esters is 1. The number of methoxy groups -OCH3 is 2. The molecular weight excluding hydrogens is 476 g/mol. The third kappa shape index (κ3) is 6.81. The summed E-state index contributed by atoms with van der Waals surface area (Å²) in [6.07, 6.45) is 6.29. The van der Waals surface area contributed by atoms with Crippen LogP contribution in [0.2, 0.25) is 0 Å². The number of hydrogen-bond acceptors (Lipinski definition) is 8. The lowest BCUT2D eigenvalue weighted by atomic mass is 9.96. The van der Waals surface area contributed by atoms with Crippen LogP contribution in [-0.2, 0) is 24.3 Å². The van der Waals surface area contributed by atoms with Gasteiger partial charge in [-0.05, 0) is 44.2 Å². The van der Waals surface area contributed by atoms with E-state index in [2.05, 4.69) is 20.7 Å². The molecule has 186 valence electrons. The van der Waals surface area contributed by atoms with Crippen LogP contribution in [0.1, 0.15) is 22.8 Å². The van der Waals surface area contributed by atoms with Crippen LogP contribution in [0.15, 0.2) is 47.4 Å². The molecule has 35 heavy (non-hydrogen) atoms. The van der Waals surface area contributed by atoms with Gasteiger partial charge in [0.25, 0.3) is 0 Å². The Kier molecular flexibility index (Phi) is 8.99. The molecule has 0 aliphatic rings. The van der Waals surface area contributed by atoms with Gasteiger partial charge in [-0.15, -0.1) is 6.42 Å². The highest BCUT2D eigenvalue weighted by atomic mass is 32.2. The molecule has 0 bridgehead atoms. The van der Waals surface area contributed by atoms with E-state index in [1.165, 1.54) is 44.4 Å². The molecule has 0 saturated carbocycles. The number of sulfonamides is 1. The second-order valence-electron chi connectivity index (χ2n) is 7.54. The van der Waals surface area contributed by atoms with Crippen LogP contribution >= 0.6 is 0 Å². The average molecular weight is 503 g/mol. The van der Waals surface area contributed by atoms with Crippen molar-refractivity contribution in [3.05, 3.63) is 53.6 Å². The SMILES string of the molecule is C#C[C@@](C)(Oc1cc(C=O)ccc1OC)[C@H](NS(=O)(=O)c1ccc(C)cc1)C(=O)NCC(=O)OC. The van der Waals surface area contributed by atoms with Gasteiger partial charge in [-0.3, -0.25) is 14.4 Å². The molecule has 2 aromatic rings. The van der Waals surface area contributed by atoms with Crippen molar-refractivity contribution in [3.8, 4) is 23.8 Å². The summed E-state index contributed by atoms with van der Waals surface area (Å²) >= 11 is 0. The predicted molar refractivity (Wildman–Crippen MR) is 127 cm³/mol. The first kappa shape index (κ1) is 27.4. The summed E-state index contributed by atoms with van der Waals surface area (Å²) in [5.74, 6) is 0.788. The minimum absolute atomic E-state index is 0.00199. The van der Waals surface area contributed by atoms with E-state index in [4.69, 9.17) is 15.9 Å². The number of terminal acetylenes is 1. The monoisotopic (exact) mass is 502 g/mol. The number of aryl methyl sites for hydroxylation is 1. The van der Waals surface area contributed by atoms with Gasteiger partial charge in [-0.25, -0.2) is 8.42 Å². The maximum absolute atomic E-state index is 13.1. The molecule has 1 amide bonds. The quantitative estimate of drug-likeness (QED) is 0.266. The minimum Gasteiger partial charge on any atom is -0.493 e. The molecule has 0 aromatic heterocycles. The molecule has 0 aliphatic heterocycles. The zero-order valence-electron chi connectivity index (χ0n) is 19.7. The average Bonchev–Trinajstić information content (AvgIpc) is 2.85.